The summed E-state index contributed by atoms with van der Waals surface area (Å²) in [5.41, 5.74) is 6.85. The van der Waals surface area contributed by atoms with Crippen LogP contribution >= 0.6 is 11.6 Å². The normalized spacial score (nSPS) is 11.4. The van der Waals surface area contributed by atoms with Gasteiger partial charge in [-0.25, -0.2) is 0 Å². The Kier molecular flexibility index (Phi) is 6.30. The molecule has 0 unspecified atom stereocenters. The van der Waals surface area contributed by atoms with Crippen molar-refractivity contribution >= 4 is 28.9 Å². The summed E-state index contributed by atoms with van der Waals surface area (Å²) in [6.45, 7) is 9.75. The van der Waals surface area contributed by atoms with Crippen LogP contribution in [0.1, 0.15) is 27.7 Å². The fourth-order valence-electron chi connectivity index (χ4n) is 1.93. The van der Waals surface area contributed by atoms with Crippen LogP contribution in [0.3, 0.4) is 0 Å². The Morgan fingerprint density at radius 3 is 2.50 bits per heavy atom. The van der Waals surface area contributed by atoms with E-state index in [9.17, 15) is 4.79 Å². The SMILES string of the molecule is CC(C)CN(CC(=O)Nc1ccc(Cl)c(N)c1)C(C)C. The van der Waals surface area contributed by atoms with Gasteiger partial charge in [-0.05, 0) is 38.0 Å². The lowest BCUT2D eigenvalue weighted by atomic mass is 10.2. The van der Waals surface area contributed by atoms with Crippen LogP contribution in [-0.2, 0) is 4.79 Å². The van der Waals surface area contributed by atoms with Crippen LogP contribution in [0.25, 0.3) is 0 Å². The van der Waals surface area contributed by atoms with Crippen LogP contribution in [0.2, 0.25) is 5.02 Å². The number of nitrogens with two attached hydrogens (primary N) is 1. The number of hydrogen-bond acceptors (Lipinski definition) is 3. The molecule has 5 heteroatoms. The maximum Gasteiger partial charge on any atom is 0.238 e. The molecule has 0 aromatic heterocycles. The van der Waals surface area contributed by atoms with E-state index in [4.69, 9.17) is 17.3 Å². The Morgan fingerprint density at radius 2 is 2.00 bits per heavy atom. The molecule has 0 fully saturated rings. The molecule has 0 aliphatic rings. The second kappa shape index (κ2) is 7.50. The Balaban J connectivity index is 2.63. The number of carbonyl (C=O) groups excluding carboxylic acids is 1. The summed E-state index contributed by atoms with van der Waals surface area (Å²) < 4.78 is 0. The summed E-state index contributed by atoms with van der Waals surface area (Å²) in [7, 11) is 0. The van der Waals surface area contributed by atoms with Gasteiger partial charge in [0.05, 0.1) is 17.3 Å². The molecule has 1 aromatic rings. The van der Waals surface area contributed by atoms with Crippen molar-refractivity contribution in [2.24, 2.45) is 5.92 Å². The van der Waals surface area contributed by atoms with Gasteiger partial charge in [-0.3, -0.25) is 9.69 Å². The molecule has 0 atom stereocenters. The van der Waals surface area contributed by atoms with Crippen LogP contribution < -0.4 is 11.1 Å². The highest BCUT2D eigenvalue weighted by Crippen LogP contribution is 2.22. The first-order valence-electron chi connectivity index (χ1n) is 6.88. The molecule has 0 aliphatic heterocycles. The Morgan fingerprint density at radius 1 is 1.35 bits per heavy atom. The van der Waals surface area contributed by atoms with E-state index in [1.54, 1.807) is 18.2 Å². The first-order valence-corrected chi connectivity index (χ1v) is 7.26. The van der Waals surface area contributed by atoms with Gasteiger partial charge in [0.25, 0.3) is 0 Å². The molecule has 1 amide bonds. The Hall–Kier alpha value is -1.26. The molecular weight excluding hydrogens is 274 g/mol. The molecule has 20 heavy (non-hydrogen) atoms. The lowest BCUT2D eigenvalue weighted by Crippen LogP contribution is -2.40. The van der Waals surface area contributed by atoms with Crippen molar-refractivity contribution in [1.29, 1.82) is 0 Å². The van der Waals surface area contributed by atoms with Crippen molar-refractivity contribution in [2.75, 3.05) is 24.1 Å². The maximum atomic E-state index is 12.1. The smallest absolute Gasteiger partial charge is 0.238 e. The van der Waals surface area contributed by atoms with E-state index in [-0.39, 0.29) is 5.91 Å². The quantitative estimate of drug-likeness (QED) is 0.793. The molecule has 112 valence electrons. The van der Waals surface area contributed by atoms with E-state index < -0.39 is 0 Å². The highest BCUT2D eigenvalue weighted by Gasteiger charge is 2.15. The summed E-state index contributed by atoms with van der Waals surface area (Å²) in [5, 5.41) is 3.34. The molecule has 0 saturated heterocycles. The van der Waals surface area contributed by atoms with Gasteiger partial charge < -0.3 is 11.1 Å². The van der Waals surface area contributed by atoms with Gasteiger partial charge in [-0.15, -0.1) is 0 Å². The number of rotatable bonds is 6. The summed E-state index contributed by atoms with van der Waals surface area (Å²) in [6.07, 6.45) is 0. The minimum Gasteiger partial charge on any atom is -0.397 e. The predicted octanol–water partition coefficient (Wildman–Crippen LogP) is 3.23. The highest BCUT2D eigenvalue weighted by molar-refractivity contribution is 6.33. The molecule has 1 rings (SSSR count). The second-order valence-corrected chi connectivity index (χ2v) is 6.11. The summed E-state index contributed by atoms with van der Waals surface area (Å²) in [4.78, 5) is 14.2. The summed E-state index contributed by atoms with van der Waals surface area (Å²) >= 11 is 5.85. The third-order valence-electron chi connectivity index (χ3n) is 2.96. The van der Waals surface area contributed by atoms with Gasteiger partial charge in [-0.1, -0.05) is 25.4 Å². The van der Waals surface area contributed by atoms with Crippen molar-refractivity contribution in [2.45, 2.75) is 33.7 Å². The van der Waals surface area contributed by atoms with E-state index in [1.807, 2.05) is 0 Å². The minimum atomic E-state index is -0.0407. The van der Waals surface area contributed by atoms with E-state index in [2.05, 4.69) is 37.9 Å². The van der Waals surface area contributed by atoms with Crippen LogP contribution in [0.5, 0.6) is 0 Å². The molecule has 0 heterocycles. The van der Waals surface area contributed by atoms with Gasteiger partial charge in [0.1, 0.15) is 0 Å². The van der Waals surface area contributed by atoms with E-state index in [0.29, 0.717) is 34.9 Å². The molecule has 4 nitrogen and oxygen atoms in total. The lowest BCUT2D eigenvalue weighted by Gasteiger charge is -2.27. The summed E-state index contributed by atoms with van der Waals surface area (Å²) in [5.74, 6) is 0.484. The number of benzene rings is 1. The monoisotopic (exact) mass is 297 g/mol. The van der Waals surface area contributed by atoms with Crippen LogP contribution in [0.4, 0.5) is 11.4 Å². The average molecular weight is 298 g/mol. The van der Waals surface area contributed by atoms with E-state index in [0.717, 1.165) is 6.54 Å². The fourth-order valence-corrected chi connectivity index (χ4v) is 2.05. The van der Waals surface area contributed by atoms with Gasteiger partial charge >= 0.3 is 0 Å². The maximum absolute atomic E-state index is 12.1. The Labute approximate surface area is 126 Å². The third-order valence-corrected chi connectivity index (χ3v) is 3.30. The molecule has 0 bridgehead atoms. The number of nitrogens with zero attached hydrogens (tertiary/aromatic N) is 1. The zero-order valence-electron chi connectivity index (χ0n) is 12.6. The van der Waals surface area contributed by atoms with Crippen LogP contribution in [-0.4, -0.2) is 29.9 Å². The zero-order valence-corrected chi connectivity index (χ0v) is 13.4. The topological polar surface area (TPSA) is 58.4 Å². The molecule has 3 N–H and O–H groups in total. The Bertz CT molecular complexity index is 460. The first kappa shape index (κ1) is 16.8. The van der Waals surface area contributed by atoms with Gasteiger partial charge in [0, 0.05) is 18.3 Å². The molecular formula is C15H24ClN3O. The number of halogens is 1. The summed E-state index contributed by atoms with van der Waals surface area (Å²) in [6, 6.07) is 5.43. The number of nitrogen functional groups attached to an aromatic ring is 1. The lowest BCUT2D eigenvalue weighted by molar-refractivity contribution is -0.117. The average Bonchev–Trinajstić information content (AvgIpc) is 2.32. The van der Waals surface area contributed by atoms with Crippen molar-refractivity contribution in [3.63, 3.8) is 0 Å². The van der Waals surface area contributed by atoms with Gasteiger partial charge in [0.2, 0.25) is 5.91 Å². The minimum absolute atomic E-state index is 0.0407. The third kappa shape index (κ3) is 5.39. The largest absolute Gasteiger partial charge is 0.397 e. The van der Waals surface area contributed by atoms with Crippen LogP contribution in [0, 0.1) is 5.92 Å². The molecule has 0 saturated carbocycles. The number of carbonyl (C=O) groups is 1. The number of hydrogen-bond donors (Lipinski definition) is 2. The number of nitrogens with one attached hydrogen (secondary N) is 1. The van der Waals surface area contributed by atoms with Gasteiger partial charge in [0.15, 0.2) is 0 Å². The van der Waals surface area contributed by atoms with Gasteiger partial charge in [-0.2, -0.15) is 0 Å². The fraction of sp³-hybridized carbons (Fsp3) is 0.533. The van der Waals surface area contributed by atoms with E-state index in [1.165, 1.54) is 0 Å². The number of amides is 1. The predicted molar refractivity (Wildman–Crippen MR) is 86.0 cm³/mol. The van der Waals surface area contributed by atoms with Crippen LogP contribution in [0.15, 0.2) is 18.2 Å². The molecule has 1 aromatic carbocycles. The van der Waals surface area contributed by atoms with Crippen molar-refractivity contribution in [1.82, 2.24) is 4.90 Å². The standard InChI is InChI=1S/C15H24ClN3O/c1-10(2)8-19(11(3)4)9-15(20)18-12-5-6-13(16)14(17)7-12/h5-7,10-11H,8-9,17H2,1-4H3,(H,18,20). The first-order chi connectivity index (χ1) is 9.29. The van der Waals surface area contributed by atoms with Crippen molar-refractivity contribution < 1.29 is 4.79 Å². The molecule has 0 spiro atoms. The second-order valence-electron chi connectivity index (χ2n) is 5.70. The van der Waals surface area contributed by atoms with Crippen molar-refractivity contribution in [3.8, 4) is 0 Å². The molecule has 0 radical (unpaired) electrons. The number of anilines is 2. The highest BCUT2D eigenvalue weighted by atomic mass is 35.5. The van der Waals surface area contributed by atoms with Crippen molar-refractivity contribution in [3.05, 3.63) is 23.2 Å². The zero-order chi connectivity index (χ0) is 15.3. The molecule has 0 aliphatic carbocycles. The van der Waals surface area contributed by atoms with E-state index >= 15 is 0 Å².